The Balaban J connectivity index is 2.29. The summed E-state index contributed by atoms with van der Waals surface area (Å²) in [5, 5.41) is 3.60. The van der Waals surface area contributed by atoms with Crippen LogP contribution in [0.3, 0.4) is 0 Å². The van der Waals surface area contributed by atoms with Crippen LogP contribution in [0.15, 0.2) is 30.3 Å². The van der Waals surface area contributed by atoms with Gasteiger partial charge in [0.25, 0.3) is 0 Å². The van der Waals surface area contributed by atoms with E-state index in [1.165, 1.54) is 0 Å². The second kappa shape index (κ2) is 13.8. The Labute approximate surface area is 247 Å². The molecule has 0 radical (unpaired) electrons. The summed E-state index contributed by atoms with van der Waals surface area (Å²) in [5.74, 6) is -4.06. The third kappa shape index (κ3) is 7.85. The van der Waals surface area contributed by atoms with Crippen molar-refractivity contribution >= 4 is 40.3 Å². The number of nitrogens with one attached hydrogen (secondary N) is 2. The Bertz CT molecular complexity index is 1500. The summed E-state index contributed by atoms with van der Waals surface area (Å²) < 4.78 is 47.5. The van der Waals surface area contributed by atoms with E-state index < -0.39 is 53.4 Å². The molecule has 0 saturated carbocycles. The van der Waals surface area contributed by atoms with Gasteiger partial charge in [0.15, 0.2) is 17.5 Å². The topological polar surface area (TPSA) is 91.5 Å². The second-order valence-electron chi connectivity index (χ2n) is 10.8. The highest BCUT2D eigenvalue weighted by Gasteiger charge is 2.38. The van der Waals surface area contributed by atoms with Crippen molar-refractivity contribution in [3.63, 3.8) is 0 Å². The van der Waals surface area contributed by atoms with Crippen molar-refractivity contribution in [2.45, 2.75) is 71.5 Å². The van der Waals surface area contributed by atoms with Crippen molar-refractivity contribution in [1.82, 2.24) is 15.2 Å². The van der Waals surface area contributed by atoms with Crippen molar-refractivity contribution in [2.75, 3.05) is 6.61 Å². The van der Waals surface area contributed by atoms with Gasteiger partial charge in [0.2, 0.25) is 11.8 Å². The lowest BCUT2D eigenvalue weighted by Crippen LogP contribution is -2.49. The number of aromatic amines is 1. The van der Waals surface area contributed by atoms with Crippen LogP contribution in [0.4, 0.5) is 13.2 Å². The zero-order valence-electron chi connectivity index (χ0n) is 23.9. The average Bonchev–Trinajstić information content (AvgIpc) is 3.26. The maximum absolute atomic E-state index is 14.2. The highest BCUT2D eigenvalue weighted by molar-refractivity contribution is 6.31. The average molecular weight is 604 g/mol. The first-order valence-electron chi connectivity index (χ1n) is 13.4. The van der Waals surface area contributed by atoms with Gasteiger partial charge < -0.3 is 19.9 Å². The van der Waals surface area contributed by atoms with Gasteiger partial charge in [-0.3, -0.25) is 9.59 Å². The minimum absolute atomic E-state index is 0.0270. The summed E-state index contributed by atoms with van der Waals surface area (Å²) in [7, 11) is 0. The zero-order chi connectivity index (χ0) is 31.2. The van der Waals surface area contributed by atoms with Crippen LogP contribution in [0.25, 0.3) is 10.9 Å². The SMILES string of the molecule is C#CCCCCC(=O)N(Cc1cc(F)c(F)c(F)c1)C(C(=O)NC(C)(C)C)c1c(C(=O)OCC)[nH]c2cc(Cl)ccc12. The monoisotopic (exact) mass is 603 g/mol. The van der Waals surface area contributed by atoms with E-state index in [1.54, 1.807) is 45.9 Å². The number of esters is 1. The highest BCUT2D eigenvalue weighted by Crippen LogP contribution is 2.36. The molecule has 1 aromatic heterocycles. The molecule has 7 nitrogen and oxygen atoms in total. The van der Waals surface area contributed by atoms with Crippen molar-refractivity contribution in [3.8, 4) is 12.3 Å². The minimum Gasteiger partial charge on any atom is -0.461 e. The Morgan fingerprint density at radius 3 is 2.38 bits per heavy atom. The molecule has 2 N–H and O–H groups in total. The predicted molar refractivity (Wildman–Crippen MR) is 154 cm³/mol. The van der Waals surface area contributed by atoms with Gasteiger partial charge in [-0.25, -0.2) is 18.0 Å². The third-order valence-corrected chi connectivity index (χ3v) is 6.53. The summed E-state index contributed by atoms with van der Waals surface area (Å²) in [5.41, 5.74) is -0.455. The molecule has 0 fully saturated rings. The molecule has 1 unspecified atom stereocenters. The van der Waals surface area contributed by atoms with Gasteiger partial charge >= 0.3 is 5.97 Å². The second-order valence-corrected chi connectivity index (χ2v) is 11.2. The standard InChI is InChI=1S/C31H33ClF3N3O4/c1-6-8-9-10-11-24(39)38(17-18-14-21(33)26(35)22(34)15-18)28(29(40)37-31(3,4)5)25-20-13-12-19(32)16-23(20)36-27(25)30(41)42-7-2/h1,12-16,28,36H,7-11,17H2,2-5H3,(H,37,40). The number of aromatic nitrogens is 1. The van der Waals surface area contributed by atoms with Crippen LogP contribution in [-0.4, -0.2) is 39.8 Å². The molecule has 0 saturated heterocycles. The van der Waals surface area contributed by atoms with Crippen LogP contribution in [-0.2, 0) is 20.9 Å². The molecular formula is C31H33ClF3N3O4. The minimum atomic E-state index is -1.66. The molecule has 0 spiro atoms. The molecule has 0 aliphatic carbocycles. The molecule has 42 heavy (non-hydrogen) atoms. The highest BCUT2D eigenvalue weighted by atomic mass is 35.5. The predicted octanol–water partition coefficient (Wildman–Crippen LogP) is 6.59. The number of terminal acetylenes is 1. The van der Waals surface area contributed by atoms with Crippen molar-refractivity contribution in [1.29, 1.82) is 0 Å². The van der Waals surface area contributed by atoms with Gasteiger partial charge in [-0.2, -0.15) is 0 Å². The number of fused-ring (bicyclic) bond motifs is 1. The molecular weight excluding hydrogens is 571 g/mol. The quantitative estimate of drug-likeness (QED) is 0.112. The number of carbonyl (C=O) groups is 3. The summed E-state index contributed by atoms with van der Waals surface area (Å²) in [6, 6.07) is 4.75. The fraction of sp³-hybridized carbons (Fsp3) is 0.387. The summed E-state index contributed by atoms with van der Waals surface area (Å²) in [6.45, 7) is 6.37. The first-order chi connectivity index (χ1) is 19.8. The van der Waals surface area contributed by atoms with Gasteiger partial charge in [0, 0.05) is 46.4 Å². The molecule has 224 valence electrons. The Morgan fingerprint density at radius 1 is 1.12 bits per heavy atom. The molecule has 3 rings (SSSR count). The fourth-order valence-corrected chi connectivity index (χ4v) is 4.74. The van der Waals surface area contributed by atoms with Crippen LogP contribution in [0.1, 0.15) is 81.0 Å². The molecule has 0 aliphatic heterocycles. The van der Waals surface area contributed by atoms with Gasteiger partial charge in [0.1, 0.15) is 11.7 Å². The van der Waals surface area contributed by atoms with Crippen molar-refractivity contribution in [2.24, 2.45) is 0 Å². The van der Waals surface area contributed by atoms with Gasteiger partial charge in [0.05, 0.1) is 6.61 Å². The lowest BCUT2D eigenvalue weighted by atomic mass is 9.97. The Hall–Kier alpha value is -3.97. The van der Waals surface area contributed by atoms with E-state index in [4.69, 9.17) is 22.8 Å². The Morgan fingerprint density at radius 2 is 1.79 bits per heavy atom. The van der Waals surface area contributed by atoms with Crippen LogP contribution >= 0.6 is 11.6 Å². The van der Waals surface area contributed by atoms with Crippen LogP contribution in [0.2, 0.25) is 5.02 Å². The molecule has 1 heterocycles. The van der Waals surface area contributed by atoms with Gasteiger partial charge in [-0.15, -0.1) is 12.3 Å². The lowest BCUT2D eigenvalue weighted by molar-refractivity contribution is -0.142. The van der Waals surface area contributed by atoms with E-state index in [-0.39, 0.29) is 29.8 Å². The third-order valence-electron chi connectivity index (χ3n) is 6.29. The summed E-state index contributed by atoms with van der Waals surface area (Å²) in [4.78, 5) is 45.2. The number of halogens is 4. The van der Waals surface area contributed by atoms with Crippen LogP contribution < -0.4 is 5.32 Å². The molecule has 2 amide bonds. The number of carbonyl (C=O) groups excluding carboxylic acids is 3. The lowest BCUT2D eigenvalue weighted by Gasteiger charge is -2.34. The van der Waals surface area contributed by atoms with E-state index in [9.17, 15) is 27.6 Å². The number of amides is 2. The molecule has 0 aliphatic rings. The van der Waals surface area contributed by atoms with Crippen LogP contribution in [0.5, 0.6) is 0 Å². The first-order valence-corrected chi connectivity index (χ1v) is 13.8. The van der Waals surface area contributed by atoms with Crippen molar-refractivity contribution in [3.05, 3.63) is 69.6 Å². The van der Waals surface area contributed by atoms with E-state index in [2.05, 4.69) is 16.2 Å². The molecule has 1 atom stereocenters. The largest absolute Gasteiger partial charge is 0.461 e. The molecule has 11 heteroatoms. The molecule has 2 aromatic carbocycles. The summed E-state index contributed by atoms with van der Waals surface area (Å²) in [6.07, 6.45) is 6.59. The number of rotatable bonds is 11. The van der Waals surface area contributed by atoms with Gasteiger partial charge in [-0.1, -0.05) is 17.7 Å². The smallest absolute Gasteiger partial charge is 0.355 e. The number of hydrogen-bond donors (Lipinski definition) is 2. The van der Waals surface area contributed by atoms with E-state index >= 15 is 0 Å². The number of hydrogen-bond acceptors (Lipinski definition) is 4. The normalized spacial score (nSPS) is 12.1. The molecule has 0 bridgehead atoms. The Kier molecular flexibility index (Phi) is 10.7. The van der Waals surface area contributed by atoms with Crippen molar-refractivity contribution < 1.29 is 32.3 Å². The van der Waals surface area contributed by atoms with E-state index in [0.717, 1.165) is 17.0 Å². The number of nitrogens with zero attached hydrogens (tertiary/aromatic N) is 1. The van der Waals surface area contributed by atoms with E-state index in [0.29, 0.717) is 35.2 Å². The van der Waals surface area contributed by atoms with Crippen LogP contribution in [0, 0.1) is 29.8 Å². The summed E-state index contributed by atoms with van der Waals surface area (Å²) >= 11 is 6.20. The zero-order valence-corrected chi connectivity index (χ0v) is 24.6. The number of H-pyrrole nitrogens is 1. The van der Waals surface area contributed by atoms with Gasteiger partial charge in [-0.05, 0) is 70.4 Å². The number of unbranched alkanes of at least 4 members (excludes halogenated alkanes) is 2. The molecule has 3 aromatic rings. The fourth-order valence-electron chi connectivity index (χ4n) is 4.57. The maximum Gasteiger partial charge on any atom is 0.355 e. The van der Waals surface area contributed by atoms with E-state index in [1.807, 2.05) is 0 Å². The maximum atomic E-state index is 14.2. The number of benzene rings is 2. The number of ether oxygens (including phenoxy) is 1. The first kappa shape index (κ1) is 32.5.